The van der Waals surface area contributed by atoms with Gasteiger partial charge in [0.25, 0.3) is 0 Å². The number of H-pyrrole nitrogens is 1. The molecule has 0 saturated heterocycles. The third-order valence-corrected chi connectivity index (χ3v) is 4.99. The van der Waals surface area contributed by atoms with E-state index in [2.05, 4.69) is 15.3 Å². The van der Waals surface area contributed by atoms with Crippen molar-refractivity contribution >= 4 is 33.8 Å². The van der Waals surface area contributed by atoms with Crippen molar-refractivity contribution in [2.45, 2.75) is 6.42 Å². The van der Waals surface area contributed by atoms with Gasteiger partial charge in [-0.25, -0.2) is 4.98 Å². The molecule has 26 heavy (non-hydrogen) atoms. The average molecular weight is 363 g/mol. The van der Waals surface area contributed by atoms with Gasteiger partial charge in [-0.2, -0.15) is 0 Å². The number of carbonyl (C=O) groups excluding carboxylic acids is 1. The lowest BCUT2D eigenvalue weighted by molar-refractivity contribution is -0.115. The van der Waals surface area contributed by atoms with Crippen molar-refractivity contribution in [3.63, 3.8) is 0 Å². The number of aromatic amines is 1. The van der Waals surface area contributed by atoms with Crippen molar-refractivity contribution < 1.29 is 9.53 Å². The van der Waals surface area contributed by atoms with E-state index in [1.54, 1.807) is 7.11 Å². The Kier molecular flexibility index (Phi) is 4.41. The molecule has 0 radical (unpaired) electrons. The largest absolute Gasteiger partial charge is 0.497 e. The monoisotopic (exact) mass is 363 g/mol. The van der Waals surface area contributed by atoms with Crippen molar-refractivity contribution in [1.29, 1.82) is 0 Å². The Labute approximate surface area is 154 Å². The zero-order valence-electron chi connectivity index (χ0n) is 14.2. The molecule has 2 heterocycles. The van der Waals surface area contributed by atoms with E-state index in [-0.39, 0.29) is 12.3 Å². The van der Waals surface area contributed by atoms with Crippen molar-refractivity contribution in [2.75, 3.05) is 12.4 Å². The van der Waals surface area contributed by atoms with Gasteiger partial charge in [0.2, 0.25) is 5.91 Å². The van der Waals surface area contributed by atoms with Crippen molar-refractivity contribution in [2.24, 2.45) is 0 Å². The minimum Gasteiger partial charge on any atom is -0.497 e. The van der Waals surface area contributed by atoms with E-state index in [9.17, 15) is 4.79 Å². The third-order valence-electron chi connectivity index (χ3n) is 4.05. The van der Waals surface area contributed by atoms with E-state index in [0.717, 1.165) is 38.6 Å². The molecule has 2 N–H and O–H groups in total. The van der Waals surface area contributed by atoms with Crippen LogP contribution in [0.3, 0.4) is 0 Å². The van der Waals surface area contributed by atoms with Crippen LogP contribution in [0.2, 0.25) is 0 Å². The number of methoxy groups -OCH3 is 1. The number of rotatable bonds is 5. The molecule has 0 atom stereocenters. The van der Waals surface area contributed by atoms with Crippen LogP contribution in [0.1, 0.15) is 5.69 Å². The molecule has 0 aliphatic carbocycles. The Bertz CT molecular complexity index is 1070. The summed E-state index contributed by atoms with van der Waals surface area (Å²) in [5.74, 6) is 0.708. The molecule has 4 aromatic rings. The van der Waals surface area contributed by atoms with Crippen LogP contribution >= 0.6 is 11.3 Å². The first kappa shape index (κ1) is 16.4. The molecule has 0 fully saturated rings. The van der Waals surface area contributed by atoms with Gasteiger partial charge in [0.05, 0.1) is 19.2 Å². The highest BCUT2D eigenvalue weighted by molar-refractivity contribution is 7.13. The van der Waals surface area contributed by atoms with Gasteiger partial charge < -0.3 is 15.0 Å². The minimum atomic E-state index is -0.0811. The van der Waals surface area contributed by atoms with E-state index in [4.69, 9.17) is 4.74 Å². The molecule has 0 bridgehead atoms. The first-order chi connectivity index (χ1) is 12.7. The van der Waals surface area contributed by atoms with Crippen LogP contribution in [0, 0.1) is 0 Å². The fourth-order valence-corrected chi connectivity index (χ4v) is 3.59. The number of carbonyl (C=O) groups is 1. The zero-order chi connectivity index (χ0) is 17.9. The van der Waals surface area contributed by atoms with Gasteiger partial charge in [-0.05, 0) is 36.4 Å². The summed E-state index contributed by atoms with van der Waals surface area (Å²) in [7, 11) is 1.64. The van der Waals surface area contributed by atoms with Crippen LogP contribution in [0.5, 0.6) is 5.75 Å². The highest BCUT2D eigenvalue weighted by Gasteiger charge is 2.10. The van der Waals surface area contributed by atoms with Gasteiger partial charge in [0.15, 0.2) is 0 Å². The van der Waals surface area contributed by atoms with E-state index in [0.29, 0.717) is 0 Å². The Morgan fingerprint density at radius 2 is 2.15 bits per heavy atom. The van der Waals surface area contributed by atoms with E-state index in [1.807, 2.05) is 60.1 Å². The lowest BCUT2D eigenvalue weighted by Crippen LogP contribution is -2.14. The number of ether oxygens (including phenoxy) is 1. The summed E-state index contributed by atoms with van der Waals surface area (Å²) in [6, 6.07) is 15.5. The number of nitrogens with zero attached hydrogens (tertiary/aromatic N) is 1. The summed E-state index contributed by atoms with van der Waals surface area (Å²) in [5, 5.41) is 6.79. The summed E-state index contributed by atoms with van der Waals surface area (Å²) >= 11 is 1.52. The van der Waals surface area contributed by atoms with Gasteiger partial charge in [-0.1, -0.05) is 12.1 Å². The first-order valence-electron chi connectivity index (χ1n) is 8.17. The standard InChI is InChI=1S/C20H17N3O2S/c1-25-17-4-2-3-14(10-17)20-23-16(12-26-20)11-19(24)22-15-5-6-18-13(9-15)7-8-21-18/h2-10,12,21H,11H2,1H3,(H,22,24). The smallest absolute Gasteiger partial charge is 0.230 e. The summed E-state index contributed by atoms with van der Waals surface area (Å²) in [6.07, 6.45) is 2.12. The number of benzene rings is 2. The van der Waals surface area contributed by atoms with Crippen LogP contribution in [-0.4, -0.2) is 23.0 Å². The van der Waals surface area contributed by atoms with Crippen molar-refractivity contribution in [3.05, 3.63) is 65.8 Å². The second-order valence-electron chi connectivity index (χ2n) is 5.88. The number of aromatic nitrogens is 2. The van der Waals surface area contributed by atoms with Crippen molar-refractivity contribution in [3.8, 4) is 16.3 Å². The van der Waals surface area contributed by atoms with Gasteiger partial charge in [0, 0.05) is 33.7 Å². The molecule has 0 unspecified atom stereocenters. The van der Waals surface area contributed by atoms with Crippen molar-refractivity contribution in [1.82, 2.24) is 9.97 Å². The molecule has 5 nitrogen and oxygen atoms in total. The van der Waals surface area contributed by atoms with Crippen LogP contribution < -0.4 is 10.1 Å². The molecule has 0 saturated carbocycles. The normalized spacial score (nSPS) is 10.8. The average Bonchev–Trinajstić information content (AvgIpc) is 3.30. The quantitative estimate of drug-likeness (QED) is 0.549. The molecule has 6 heteroatoms. The lowest BCUT2D eigenvalue weighted by atomic mass is 10.2. The van der Waals surface area contributed by atoms with Gasteiger partial charge in [0.1, 0.15) is 10.8 Å². The van der Waals surface area contributed by atoms with E-state index >= 15 is 0 Å². The number of amides is 1. The lowest BCUT2D eigenvalue weighted by Gasteiger charge is -2.04. The SMILES string of the molecule is COc1cccc(-c2nc(CC(=O)Nc3ccc4[nH]ccc4c3)cs2)c1. The van der Waals surface area contributed by atoms with Crippen LogP contribution in [0.4, 0.5) is 5.69 Å². The topological polar surface area (TPSA) is 67.0 Å². The molecule has 1 amide bonds. The van der Waals surface area contributed by atoms with Gasteiger partial charge in [-0.3, -0.25) is 4.79 Å². The number of nitrogens with one attached hydrogen (secondary N) is 2. The summed E-state index contributed by atoms with van der Waals surface area (Å²) in [6.45, 7) is 0. The first-order valence-corrected chi connectivity index (χ1v) is 9.05. The summed E-state index contributed by atoms with van der Waals surface area (Å²) in [5.41, 5.74) is 3.57. The van der Waals surface area contributed by atoms with Crippen LogP contribution in [0.15, 0.2) is 60.1 Å². The molecular weight excluding hydrogens is 346 g/mol. The second-order valence-corrected chi connectivity index (χ2v) is 6.74. The maximum Gasteiger partial charge on any atom is 0.230 e. The third kappa shape index (κ3) is 3.45. The van der Waals surface area contributed by atoms with Crippen LogP contribution in [-0.2, 0) is 11.2 Å². The van der Waals surface area contributed by atoms with Gasteiger partial charge in [-0.15, -0.1) is 11.3 Å². The molecular formula is C20H17N3O2S. The van der Waals surface area contributed by atoms with Gasteiger partial charge >= 0.3 is 0 Å². The number of hydrogen-bond donors (Lipinski definition) is 2. The highest BCUT2D eigenvalue weighted by atomic mass is 32.1. The Balaban J connectivity index is 1.45. The second kappa shape index (κ2) is 7.01. The molecule has 130 valence electrons. The molecule has 0 spiro atoms. The molecule has 0 aliphatic rings. The van der Waals surface area contributed by atoms with E-state index in [1.165, 1.54) is 11.3 Å². The molecule has 0 aliphatic heterocycles. The predicted octanol–water partition coefficient (Wildman–Crippen LogP) is 4.48. The minimum absolute atomic E-state index is 0.0811. The predicted molar refractivity (Wildman–Crippen MR) is 105 cm³/mol. The summed E-state index contributed by atoms with van der Waals surface area (Å²) in [4.78, 5) is 20.0. The fourth-order valence-electron chi connectivity index (χ4n) is 2.78. The number of hydrogen-bond acceptors (Lipinski definition) is 4. The summed E-state index contributed by atoms with van der Waals surface area (Å²) < 4.78 is 5.25. The number of anilines is 1. The Hall–Kier alpha value is -3.12. The molecule has 2 aromatic carbocycles. The zero-order valence-corrected chi connectivity index (χ0v) is 15.0. The maximum atomic E-state index is 12.3. The van der Waals surface area contributed by atoms with E-state index < -0.39 is 0 Å². The Morgan fingerprint density at radius 3 is 3.04 bits per heavy atom. The maximum absolute atomic E-state index is 12.3. The molecule has 4 rings (SSSR count). The highest BCUT2D eigenvalue weighted by Crippen LogP contribution is 2.27. The fraction of sp³-hybridized carbons (Fsp3) is 0.100. The molecule has 2 aromatic heterocycles. The van der Waals surface area contributed by atoms with Crippen LogP contribution in [0.25, 0.3) is 21.5 Å². The number of fused-ring (bicyclic) bond motifs is 1. The number of thiazole rings is 1. The Morgan fingerprint density at radius 1 is 1.23 bits per heavy atom.